The van der Waals surface area contributed by atoms with Crippen molar-refractivity contribution in [2.45, 2.75) is 26.3 Å². The first-order chi connectivity index (χ1) is 12.4. The zero-order valence-corrected chi connectivity index (χ0v) is 15.5. The van der Waals surface area contributed by atoms with Crippen LogP contribution in [0.2, 0.25) is 5.02 Å². The Kier molecular flexibility index (Phi) is 5.47. The van der Waals surface area contributed by atoms with Crippen LogP contribution >= 0.6 is 11.6 Å². The average Bonchev–Trinajstić information content (AvgIpc) is 2.61. The number of hydrogen-bond acceptors (Lipinski definition) is 3. The van der Waals surface area contributed by atoms with Gasteiger partial charge in [0, 0.05) is 22.3 Å². The molecule has 0 fully saturated rings. The van der Waals surface area contributed by atoms with Gasteiger partial charge in [-0.3, -0.25) is 9.59 Å². The molecule has 0 bridgehead atoms. The number of ether oxygens (including phenoxy) is 1. The van der Waals surface area contributed by atoms with Crippen molar-refractivity contribution in [2.24, 2.45) is 5.92 Å². The van der Waals surface area contributed by atoms with Crippen molar-refractivity contribution in [1.29, 1.82) is 0 Å². The molecule has 136 valence electrons. The van der Waals surface area contributed by atoms with Crippen LogP contribution < -0.4 is 15.4 Å². The maximum atomic E-state index is 12.3. The van der Waals surface area contributed by atoms with Crippen molar-refractivity contribution in [3.05, 3.63) is 58.6 Å². The second-order valence-electron chi connectivity index (χ2n) is 6.66. The molecule has 5 nitrogen and oxygen atoms in total. The second-order valence-corrected chi connectivity index (χ2v) is 7.10. The highest BCUT2D eigenvalue weighted by molar-refractivity contribution is 6.30. The van der Waals surface area contributed by atoms with Gasteiger partial charge in [0.15, 0.2) is 0 Å². The minimum absolute atomic E-state index is 0.0127. The second kappa shape index (κ2) is 7.79. The molecular formula is C20H21ClN2O3. The summed E-state index contributed by atoms with van der Waals surface area (Å²) in [6.45, 7) is 4.22. The SMILES string of the molecule is CC(C)NC(=O)[C@@H]1COc2ccc(NC(=O)c3ccc(Cl)cc3)cc2C1. The molecule has 6 heteroatoms. The maximum absolute atomic E-state index is 12.3. The molecule has 0 spiro atoms. The van der Waals surface area contributed by atoms with Crippen LogP contribution in [-0.2, 0) is 11.2 Å². The van der Waals surface area contributed by atoms with E-state index in [1.54, 1.807) is 30.3 Å². The molecule has 1 aliphatic rings. The van der Waals surface area contributed by atoms with E-state index in [0.717, 1.165) is 11.3 Å². The van der Waals surface area contributed by atoms with E-state index in [2.05, 4.69) is 10.6 Å². The van der Waals surface area contributed by atoms with E-state index in [4.69, 9.17) is 16.3 Å². The number of amides is 2. The predicted octanol–water partition coefficient (Wildman–Crippen LogP) is 3.67. The third-order valence-corrected chi connectivity index (χ3v) is 4.38. The summed E-state index contributed by atoms with van der Waals surface area (Å²) in [5, 5.41) is 6.36. The van der Waals surface area contributed by atoms with E-state index in [1.807, 2.05) is 26.0 Å². The van der Waals surface area contributed by atoms with E-state index in [-0.39, 0.29) is 23.8 Å². The first-order valence-electron chi connectivity index (χ1n) is 8.55. The van der Waals surface area contributed by atoms with Crippen molar-refractivity contribution in [1.82, 2.24) is 5.32 Å². The fraction of sp³-hybridized carbons (Fsp3) is 0.300. The molecule has 0 saturated heterocycles. The summed E-state index contributed by atoms with van der Waals surface area (Å²) in [7, 11) is 0. The van der Waals surface area contributed by atoms with Crippen LogP contribution in [0.5, 0.6) is 5.75 Å². The van der Waals surface area contributed by atoms with Gasteiger partial charge in [-0.2, -0.15) is 0 Å². The lowest BCUT2D eigenvalue weighted by Gasteiger charge is -2.26. The molecule has 2 aromatic carbocycles. The summed E-state index contributed by atoms with van der Waals surface area (Å²) in [6, 6.07) is 12.3. The molecule has 26 heavy (non-hydrogen) atoms. The summed E-state index contributed by atoms with van der Waals surface area (Å²) >= 11 is 5.85. The quantitative estimate of drug-likeness (QED) is 0.860. The molecule has 1 atom stereocenters. The minimum Gasteiger partial charge on any atom is -0.492 e. The van der Waals surface area contributed by atoms with Gasteiger partial charge in [-0.25, -0.2) is 0 Å². The Morgan fingerprint density at radius 1 is 1.15 bits per heavy atom. The molecule has 0 unspecified atom stereocenters. The molecule has 0 aromatic heterocycles. The smallest absolute Gasteiger partial charge is 0.255 e. The van der Waals surface area contributed by atoms with E-state index < -0.39 is 0 Å². The molecule has 1 heterocycles. The van der Waals surface area contributed by atoms with Gasteiger partial charge < -0.3 is 15.4 Å². The number of rotatable bonds is 4. The van der Waals surface area contributed by atoms with Gasteiger partial charge in [0.05, 0.1) is 5.92 Å². The van der Waals surface area contributed by atoms with Gasteiger partial charge >= 0.3 is 0 Å². The van der Waals surface area contributed by atoms with E-state index in [9.17, 15) is 9.59 Å². The third-order valence-electron chi connectivity index (χ3n) is 4.13. The Morgan fingerprint density at radius 3 is 2.58 bits per heavy atom. The minimum atomic E-state index is -0.230. The summed E-state index contributed by atoms with van der Waals surface area (Å²) in [4.78, 5) is 24.6. The molecular weight excluding hydrogens is 352 g/mol. The molecule has 1 aliphatic heterocycles. The van der Waals surface area contributed by atoms with Gasteiger partial charge in [-0.15, -0.1) is 0 Å². The van der Waals surface area contributed by atoms with E-state index >= 15 is 0 Å². The Bertz CT molecular complexity index is 818. The number of nitrogens with one attached hydrogen (secondary N) is 2. The van der Waals surface area contributed by atoms with E-state index in [1.165, 1.54) is 0 Å². The van der Waals surface area contributed by atoms with Crippen molar-refractivity contribution in [3.8, 4) is 5.75 Å². The van der Waals surface area contributed by atoms with Crippen LogP contribution in [0.1, 0.15) is 29.8 Å². The number of halogens is 1. The van der Waals surface area contributed by atoms with Crippen molar-refractivity contribution < 1.29 is 14.3 Å². The van der Waals surface area contributed by atoms with Crippen LogP contribution in [0.3, 0.4) is 0 Å². The number of carbonyl (C=O) groups excluding carboxylic acids is 2. The summed E-state index contributed by atoms with van der Waals surface area (Å²) < 4.78 is 5.71. The van der Waals surface area contributed by atoms with Gasteiger partial charge in [-0.05, 0) is 68.3 Å². The number of carbonyl (C=O) groups is 2. The molecule has 2 amide bonds. The van der Waals surface area contributed by atoms with Gasteiger partial charge in [-0.1, -0.05) is 11.6 Å². The Labute approximate surface area is 157 Å². The Hall–Kier alpha value is -2.53. The summed E-state index contributed by atoms with van der Waals surface area (Å²) in [5.74, 6) is 0.295. The molecule has 2 aromatic rings. The van der Waals surface area contributed by atoms with Crippen LogP contribution in [0.4, 0.5) is 5.69 Å². The molecule has 0 radical (unpaired) electrons. The standard InChI is InChI=1S/C20H21ClN2O3/c1-12(2)22-20(25)15-9-14-10-17(7-8-18(14)26-11-15)23-19(24)13-3-5-16(21)6-4-13/h3-8,10,12,15H,9,11H2,1-2H3,(H,22,25)(H,23,24)/t15-/m0/s1. The lowest BCUT2D eigenvalue weighted by Crippen LogP contribution is -2.40. The molecule has 2 N–H and O–H groups in total. The predicted molar refractivity (Wildman–Crippen MR) is 102 cm³/mol. The van der Waals surface area contributed by atoms with Crippen LogP contribution in [-0.4, -0.2) is 24.5 Å². The maximum Gasteiger partial charge on any atom is 0.255 e. The topological polar surface area (TPSA) is 67.4 Å². The van der Waals surface area contributed by atoms with Gasteiger partial charge in [0.2, 0.25) is 5.91 Å². The van der Waals surface area contributed by atoms with Gasteiger partial charge in [0.25, 0.3) is 5.91 Å². The first-order valence-corrected chi connectivity index (χ1v) is 8.93. The first kappa shape index (κ1) is 18.3. The lowest BCUT2D eigenvalue weighted by molar-refractivity contribution is -0.126. The fourth-order valence-electron chi connectivity index (χ4n) is 2.85. The highest BCUT2D eigenvalue weighted by Crippen LogP contribution is 2.30. The number of hydrogen-bond donors (Lipinski definition) is 2. The Balaban J connectivity index is 1.71. The highest BCUT2D eigenvalue weighted by Gasteiger charge is 2.26. The average molecular weight is 373 g/mol. The normalized spacial score (nSPS) is 15.8. The zero-order chi connectivity index (χ0) is 18.7. The van der Waals surface area contributed by atoms with E-state index in [0.29, 0.717) is 29.3 Å². The molecule has 0 saturated carbocycles. The van der Waals surface area contributed by atoms with Crippen molar-refractivity contribution in [2.75, 3.05) is 11.9 Å². The van der Waals surface area contributed by atoms with Gasteiger partial charge in [0.1, 0.15) is 12.4 Å². The van der Waals surface area contributed by atoms with Crippen LogP contribution in [0.25, 0.3) is 0 Å². The van der Waals surface area contributed by atoms with Crippen LogP contribution in [0.15, 0.2) is 42.5 Å². The fourth-order valence-corrected chi connectivity index (χ4v) is 2.97. The molecule has 0 aliphatic carbocycles. The number of anilines is 1. The zero-order valence-electron chi connectivity index (χ0n) is 14.7. The summed E-state index contributed by atoms with van der Waals surface area (Å²) in [6.07, 6.45) is 0.582. The number of benzene rings is 2. The highest BCUT2D eigenvalue weighted by atomic mass is 35.5. The third kappa shape index (κ3) is 4.35. The number of fused-ring (bicyclic) bond motifs is 1. The monoisotopic (exact) mass is 372 g/mol. The largest absolute Gasteiger partial charge is 0.492 e. The van der Waals surface area contributed by atoms with Crippen molar-refractivity contribution in [3.63, 3.8) is 0 Å². The molecule has 3 rings (SSSR count). The lowest BCUT2D eigenvalue weighted by atomic mass is 9.95. The van der Waals surface area contributed by atoms with Crippen molar-refractivity contribution >= 4 is 29.1 Å². The Morgan fingerprint density at radius 2 is 1.88 bits per heavy atom. The summed E-state index contributed by atoms with van der Waals surface area (Å²) in [5.41, 5.74) is 2.10. The van der Waals surface area contributed by atoms with Crippen LogP contribution in [0, 0.1) is 5.92 Å².